The monoisotopic (exact) mass is 464 g/mol. The Labute approximate surface area is 180 Å². The number of fused-ring (bicyclic) bond motifs is 1. The van der Waals surface area contributed by atoms with Crippen molar-refractivity contribution in [2.75, 3.05) is 37.8 Å². The standard InChI is InChI=1S/C18H26F2N6O2S.ClH/c1-29(27,28)25-7-5-15(14(20)11-25)23-18-22-9-12-4-8-26(17(12)24-18)16-3-2-6-21-10-13(16)19;/h4,8-9,13-16,21H,2-3,5-7,10-11H2,1H3,(H,22,23,24);1H/t13?,14-,15-,16?;/m1./s1. The lowest BCUT2D eigenvalue weighted by atomic mass is 10.1. The minimum Gasteiger partial charge on any atom is -0.348 e. The Bertz CT molecular complexity index is 975. The molecule has 4 atom stereocenters. The quantitative estimate of drug-likeness (QED) is 0.718. The molecule has 2 unspecified atom stereocenters. The molecule has 0 amide bonds. The summed E-state index contributed by atoms with van der Waals surface area (Å²) in [7, 11) is -3.41. The topological polar surface area (TPSA) is 92.2 Å². The van der Waals surface area contributed by atoms with E-state index in [-0.39, 0.29) is 37.5 Å². The number of aromatic nitrogens is 3. The molecule has 2 N–H and O–H groups in total. The molecule has 4 rings (SSSR count). The molecule has 168 valence electrons. The number of hydrogen-bond donors (Lipinski definition) is 2. The molecule has 0 spiro atoms. The highest BCUT2D eigenvalue weighted by atomic mass is 35.5. The molecule has 12 heteroatoms. The van der Waals surface area contributed by atoms with E-state index in [1.54, 1.807) is 6.20 Å². The lowest BCUT2D eigenvalue weighted by Gasteiger charge is -2.33. The molecule has 2 aromatic heterocycles. The second-order valence-electron chi connectivity index (χ2n) is 7.80. The molecule has 0 bridgehead atoms. The molecule has 2 fully saturated rings. The minimum absolute atomic E-state index is 0. The van der Waals surface area contributed by atoms with E-state index in [2.05, 4.69) is 20.6 Å². The molecule has 2 aromatic rings. The van der Waals surface area contributed by atoms with Gasteiger partial charge < -0.3 is 15.2 Å². The van der Waals surface area contributed by atoms with Gasteiger partial charge in [-0.15, -0.1) is 12.4 Å². The number of piperidine rings is 1. The van der Waals surface area contributed by atoms with Crippen molar-refractivity contribution in [3.8, 4) is 0 Å². The van der Waals surface area contributed by atoms with Crippen LogP contribution in [-0.2, 0) is 10.0 Å². The van der Waals surface area contributed by atoms with Gasteiger partial charge in [-0.05, 0) is 31.9 Å². The molecule has 8 nitrogen and oxygen atoms in total. The molecule has 0 radical (unpaired) electrons. The van der Waals surface area contributed by atoms with Crippen LogP contribution in [0.15, 0.2) is 18.5 Å². The smallest absolute Gasteiger partial charge is 0.224 e. The van der Waals surface area contributed by atoms with Gasteiger partial charge in [0.2, 0.25) is 16.0 Å². The average Bonchev–Trinajstić information content (AvgIpc) is 2.96. The summed E-state index contributed by atoms with van der Waals surface area (Å²) in [5, 5.41) is 6.89. The molecular formula is C18H27ClF2N6O2S. The van der Waals surface area contributed by atoms with E-state index in [4.69, 9.17) is 0 Å². The summed E-state index contributed by atoms with van der Waals surface area (Å²) in [4.78, 5) is 8.79. The van der Waals surface area contributed by atoms with Crippen molar-refractivity contribution in [1.29, 1.82) is 0 Å². The number of nitrogens with zero attached hydrogens (tertiary/aromatic N) is 4. The number of anilines is 1. The van der Waals surface area contributed by atoms with Crippen LogP contribution >= 0.6 is 12.4 Å². The van der Waals surface area contributed by atoms with Crippen molar-refractivity contribution < 1.29 is 17.2 Å². The SMILES string of the molecule is CS(=O)(=O)N1CC[C@@H](Nc2ncc3ccn(C4CCCNCC4F)c3n2)[C@H](F)C1.Cl. The largest absolute Gasteiger partial charge is 0.348 e. The van der Waals surface area contributed by atoms with Crippen molar-refractivity contribution in [2.24, 2.45) is 0 Å². The molecule has 4 heterocycles. The Morgan fingerprint density at radius 3 is 2.80 bits per heavy atom. The number of halogens is 3. The van der Waals surface area contributed by atoms with Gasteiger partial charge in [-0.1, -0.05) is 0 Å². The Balaban J connectivity index is 0.00000256. The minimum atomic E-state index is -3.41. The van der Waals surface area contributed by atoms with Crippen LogP contribution in [0.5, 0.6) is 0 Å². The van der Waals surface area contributed by atoms with Gasteiger partial charge in [0.1, 0.15) is 18.0 Å². The summed E-state index contributed by atoms with van der Waals surface area (Å²) >= 11 is 0. The summed E-state index contributed by atoms with van der Waals surface area (Å²) in [5.74, 6) is 0.264. The van der Waals surface area contributed by atoms with Crippen LogP contribution in [-0.4, -0.2) is 78.1 Å². The maximum absolute atomic E-state index is 14.6. The molecule has 30 heavy (non-hydrogen) atoms. The number of sulfonamides is 1. The van der Waals surface area contributed by atoms with Crippen molar-refractivity contribution in [2.45, 2.75) is 43.7 Å². The van der Waals surface area contributed by atoms with Gasteiger partial charge in [-0.25, -0.2) is 22.2 Å². The number of hydrogen-bond acceptors (Lipinski definition) is 6. The fraction of sp³-hybridized carbons (Fsp3) is 0.667. The lowest BCUT2D eigenvalue weighted by Crippen LogP contribution is -2.49. The van der Waals surface area contributed by atoms with Crippen molar-refractivity contribution in [1.82, 2.24) is 24.2 Å². The highest BCUT2D eigenvalue weighted by Crippen LogP contribution is 2.28. The molecule has 2 saturated heterocycles. The zero-order chi connectivity index (χ0) is 20.6. The average molecular weight is 465 g/mol. The molecule has 0 aliphatic carbocycles. The second kappa shape index (κ2) is 9.29. The predicted octanol–water partition coefficient (Wildman–Crippen LogP) is 1.90. The first kappa shape index (κ1) is 23.1. The van der Waals surface area contributed by atoms with Crippen LogP contribution in [0.2, 0.25) is 0 Å². The number of alkyl halides is 2. The van der Waals surface area contributed by atoms with Gasteiger partial charge in [-0.2, -0.15) is 9.29 Å². The molecule has 2 aliphatic rings. The summed E-state index contributed by atoms with van der Waals surface area (Å²) in [6.45, 7) is 1.16. The van der Waals surface area contributed by atoms with E-state index in [0.717, 1.165) is 28.9 Å². The predicted molar refractivity (Wildman–Crippen MR) is 114 cm³/mol. The van der Waals surface area contributed by atoms with Crippen LogP contribution in [0, 0.1) is 0 Å². The van der Waals surface area contributed by atoms with E-state index in [0.29, 0.717) is 25.0 Å². The van der Waals surface area contributed by atoms with Crippen LogP contribution in [0.3, 0.4) is 0 Å². The number of nitrogens with one attached hydrogen (secondary N) is 2. The summed E-state index contributed by atoms with van der Waals surface area (Å²) in [6.07, 6.45) is 4.07. The molecule has 2 aliphatic heterocycles. The van der Waals surface area contributed by atoms with Gasteiger partial charge in [0.15, 0.2) is 0 Å². The zero-order valence-corrected chi connectivity index (χ0v) is 18.3. The zero-order valence-electron chi connectivity index (χ0n) is 16.7. The molecular weight excluding hydrogens is 438 g/mol. The molecule has 0 aromatic carbocycles. The summed E-state index contributed by atoms with van der Waals surface area (Å²) < 4.78 is 55.4. The number of rotatable bonds is 4. The van der Waals surface area contributed by atoms with Gasteiger partial charge in [0.25, 0.3) is 0 Å². The van der Waals surface area contributed by atoms with E-state index in [1.807, 2.05) is 16.8 Å². The third-order valence-electron chi connectivity index (χ3n) is 5.71. The summed E-state index contributed by atoms with van der Waals surface area (Å²) in [6, 6.07) is 0.967. The highest BCUT2D eigenvalue weighted by Gasteiger charge is 2.33. The maximum Gasteiger partial charge on any atom is 0.224 e. The first-order chi connectivity index (χ1) is 13.8. The van der Waals surface area contributed by atoms with Gasteiger partial charge in [-0.3, -0.25) is 0 Å². The third-order valence-corrected chi connectivity index (χ3v) is 6.98. The third kappa shape index (κ3) is 4.84. The van der Waals surface area contributed by atoms with Gasteiger partial charge in [0, 0.05) is 37.4 Å². The van der Waals surface area contributed by atoms with Crippen molar-refractivity contribution in [3.63, 3.8) is 0 Å². The van der Waals surface area contributed by atoms with Gasteiger partial charge in [0.05, 0.1) is 18.3 Å². The van der Waals surface area contributed by atoms with Crippen LogP contribution in [0.4, 0.5) is 14.7 Å². The highest BCUT2D eigenvalue weighted by molar-refractivity contribution is 7.88. The van der Waals surface area contributed by atoms with Crippen molar-refractivity contribution >= 4 is 39.4 Å². The Hall–Kier alpha value is -1.56. The van der Waals surface area contributed by atoms with Crippen LogP contribution in [0.1, 0.15) is 25.3 Å². The first-order valence-electron chi connectivity index (χ1n) is 9.87. The molecule has 0 saturated carbocycles. The fourth-order valence-electron chi connectivity index (χ4n) is 4.09. The van der Waals surface area contributed by atoms with E-state index >= 15 is 0 Å². The summed E-state index contributed by atoms with van der Waals surface area (Å²) in [5.41, 5.74) is 0.612. The van der Waals surface area contributed by atoms with Crippen molar-refractivity contribution in [3.05, 3.63) is 18.5 Å². The van der Waals surface area contributed by atoms with E-state index < -0.39 is 28.4 Å². The Morgan fingerprint density at radius 2 is 2.07 bits per heavy atom. The Morgan fingerprint density at radius 1 is 1.27 bits per heavy atom. The lowest BCUT2D eigenvalue weighted by molar-refractivity contribution is 0.186. The van der Waals surface area contributed by atoms with Crippen LogP contribution < -0.4 is 10.6 Å². The second-order valence-corrected chi connectivity index (χ2v) is 9.78. The van der Waals surface area contributed by atoms with E-state index in [1.165, 1.54) is 0 Å². The van der Waals surface area contributed by atoms with Gasteiger partial charge >= 0.3 is 0 Å². The normalized spacial score (nSPS) is 28.6. The Kier molecular flexibility index (Phi) is 7.16. The maximum atomic E-state index is 14.6. The van der Waals surface area contributed by atoms with E-state index in [9.17, 15) is 17.2 Å². The van der Waals surface area contributed by atoms with Crippen LogP contribution in [0.25, 0.3) is 11.0 Å². The first-order valence-corrected chi connectivity index (χ1v) is 11.7. The fourth-order valence-corrected chi connectivity index (χ4v) is 4.94.